The molecule has 7 nitrogen and oxygen atoms in total. The Labute approximate surface area is 143 Å². The van der Waals surface area contributed by atoms with Crippen LogP contribution >= 0.6 is 0 Å². The van der Waals surface area contributed by atoms with E-state index in [1.807, 2.05) is 0 Å². The van der Waals surface area contributed by atoms with Gasteiger partial charge in [-0.1, -0.05) is 26.7 Å². The van der Waals surface area contributed by atoms with Crippen LogP contribution in [-0.4, -0.2) is 54.7 Å². The summed E-state index contributed by atoms with van der Waals surface area (Å²) < 4.78 is 27.5. The zero-order valence-corrected chi connectivity index (χ0v) is 15.2. The van der Waals surface area contributed by atoms with Crippen molar-refractivity contribution < 1.29 is 23.1 Å². The highest BCUT2D eigenvalue weighted by atomic mass is 32.2. The smallest absolute Gasteiger partial charge is 0.321 e. The molecule has 1 aliphatic carbocycles. The van der Waals surface area contributed by atoms with Crippen LogP contribution in [0.1, 0.15) is 52.4 Å². The second-order valence-electron chi connectivity index (χ2n) is 7.25. The number of sulfonamides is 1. The number of rotatable bonds is 6. The molecule has 2 fully saturated rings. The summed E-state index contributed by atoms with van der Waals surface area (Å²) in [4.78, 5) is 25.4. The lowest BCUT2D eigenvalue weighted by Crippen LogP contribution is -2.53. The van der Waals surface area contributed by atoms with Gasteiger partial charge in [-0.2, -0.15) is 0 Å². The SMILES string of the molecule is CC(C)[C@@H](NS(=O)(=O)C1CCCN(C(=O)C2CCCC2)C1)C(=O)O. The van der Waals surface area contributed by atoms with Crippen molar-refractivity contribution >= 4 is 21.9 Å². The summed E-state index contributed by atoms with van der Waals surface area (Å²) in [5.41, 5.74) is 0. The second-order valence-corrected chi connectivity index (χ2v) is 9.25. The molecule has 1 unspecified atom stereocenters. The zero-order chi connectivity index (χ0) is 17.9. The van der Waals surface area contributed by atoms with Crippen LogP contribution in [0, 0.1) is 11.8 Å². The number of nitrogens with zero attached hydrogens (tertiary/aromatic N) is 1. The Morgan fingerprint density at radius 1 is 1.12 bits per heavy atom. The van der Waals surface area contributed by atoms with Gasteiger partial charge in [0.05, 0.1) is 5.25 Å². The molecule has 1 amide bonds. The molecule has 24 heavy (non-hydrogen) atoms. The van der Waals surface area contributed by atoms with E-state index in [-0.39, 0.29) is 24.3 Å². The van der Waals surface area contributed by atoms with E-state index in [0.29, 0.717) is 19.4 Å². The Bertz CT molecular complexity index is 569. The molecule has 1 saturated carbocycles. The van der Waals surface area contributed by atoms with Crippen LogP contribution in [0.25, 0.3) is 0 Å². The fourth-order valence-corrected chi connectivity index (χ4v) is 5.34. The Morgan fingerprint density at radius 3 is 2.29 bits per heavy atom. The highest BCUT2D eigenvalue weighted by molar-refractivity contribution is 7.90. The predicted molar refractivity (Wildman–Crippen MR) is 89.9 cm³/mol. The summed E-state index contributed by atoms with van der Waals surface area (Å²) in [6.45, 7) is 4.08. The number of carbonyl (C=O) groups excluding carboxylic acids is 1. The molecule has 0 aromatic heterocycles. The predicted octanol–water partition coefficient (Wildman–Crippen LogP) is 1.20. The molecule has 1 saturated heterocycles. The molecule has 138 valence electrons. The second kappa shape index (κ2) is 7.82. The average molecular weight is 360 g/mol. The Balaban J connectivity index is 2.04. The minimum absolute atomic E-state index is 0.0295. The number of nitrogens with one attached hydrogen (secondary N) is 1. The quantitative estimate of drug-likeness (QED) is 0.741. The van der Waals surface area contributed by atoms with E-state index < -0.39 is 27.3 Å². The first-order valence-corrected chi connectivity index (χ1v) is 10.3. The van der Waals surface area contributed by atoms with Crippen molar-refractivity contribution in [1.29, 1.82) is 0 Å². The van der Waals surface area contributed by atoms with Crippen LogP contribution in [0.4, 0.5) is 0 Å². The molecular weight excluding hydrogens is 332 g/mol. The first-order chi connectivity index (χ1) is 11.2. The summed E-state index contributed by atoms with van der Waals surface area (Å²) >= 11 is 0. The van der Waals surface area contributed by atoms with Crippen molar-refractivity contribution in [2.75, 3.05) is 13.1 Å². The fraction of sp³-hybridized carbons (Fsp3) is 0.875. The normalized spacial score (nSPS) is 24.3. The van der Waals surface area contributed by atoms with E-state index in [2.05, 4.69) is 4.72 Å². The molecule has 0 aromatic rings. The van der Waals surface area contributed by atoms with E-state index in [4.69, 9.17) is 0 Å². The zero-order valence-electron chi connectivity index (χ0n) is 14.4. The number of hydrogen-bond acceptors (Lipinski definition) is 4. The number of amides is 1. The summed E-state index contributed by atoms with van der Waals surface area (Å²) in [5.74, 6) is -1.44. The van der Waals surface area contributed by atoms with Gasteiger partial charge in [0.15, 0.2) is 0 Å². The third-order valence-corrected chi connectivity index (χ3v) is 6.90. The van der Waals surface area contributed by atoms with E-state index in [9.17, 15) is 23.1 Å². The molecule has 0 aromatic carbocycles. The summed E-state index contributed by atoms with van der Waals surface area (Å²) in [5, 5.41) is 8.46. The van der Waals surface area contributed by atoms with Crippen LogP contribution in [0.5, 0.6) is 0 Å². The molecule has 2 rings (SSSR count). The largest absolute Gasteiger partial charge is 0.480 e. The number of carboxylic acids is 1. The summed E-state index contributed by atoms with van der Waals surface area (Å²) in [6.07, 6.45) is 4.97. The van der Waals surface area contributed by atoms with Crippen LogP contribution < -0.4 is 4.72 Å². The van der Waals surface area contributed by atoms with E-state index in [1.54, 1.807) is 18.7 Å². The Hall–Kier alpha value is -1.15. The van der Waals surface area contributed by atoms with Crippen molar-refractivity contribution in [3.63, 3.8) is 0 Å². The third kappa shape index (κ3) is 4.47. The molecule has 2 aliphatic rings. The summed E-state index contributed by atoms with van der Waals surface area (Å²) in [7, 11) is -3.79. The molecule has 0 radical (unpaired) electrons. The van der Waals surface area contributed by atoms with Gasteiger partial charge in [-0.25, -0.2) is 13.1 Å². The first kappa shape index (κ1) is 19.2. The van der Waals surface area contributed by atoms with Crippen LogP contribution in [0.15, 0.2) is 0 Å². The van der Waals surface area contributed by atoms with Gasteiger partial charge in [0.25, 0.3) is 0 Å². The Morgan fingerprint density at radius 2 is 1.75 bits per heavy atom. The van der Waals surface area contributed by atoms with Crippen molar-refractivity contribution in [3.8, 4) is 0 Å². The van der Waals surface area contributed by atoms with Gasteiger partial charge >= 0.3 is 5.97 Å². The molecule has 1 aliphatic heterocycles. The number of hydrogen-bond donors (Lipinski definition) is 2. The van der Waals surface area contributed by atoms with Gasteiger partial charge in [0.1, 0.15) is 6.04 Å². The maximum Gasteiger partial charge on any atom is 0.321 e. The highest BCUT2D eigenvalue weighted by Crippen LogP contribution is 2.28. The first-order valence-electron chi connectivity index (χ1n) is 8.75. The maximum absolute atomic E-state index is 12.6. The number of likely N-dealkylation sites (tertiary alicyclic amines) is 1. The number of aliphatic carboxylic acids is 1. The van der Waals surface area contributed by atoms with Gasteiger partial charge in [0.2, 0.25) is 15.9 Å². The molecule has 0 spiro atoms. The minimum Gasteiger partial charge on any atom is -0.480 e. The standard InChI is InChI=1S/C16H28N2O5S/c1-11(2)14(16(20)21)17-24(22,23)13-8-5-9-18(10-13)15(19)12-6-3-4-7-12/h11-14,17H,3-10H2,1-2H3,(H,20,21)/t13?,14-/m1/s1. The maximum atomic E-state index is 12.6. The highest BCUT2D eigenvalue weighted by Gasteiger charge is 2.38. The molecule has 8 heteroatoms. The number of carboxylic acid groups (broad SMARTS) is 1. The van der Waals surface area contributed by atoms with Crippen molar-refractivity contribution in [2.45, 2.75) is 63.7 Å². The van der Waals surface area contributed by atoms with E-state index >= 15 is 0 Å². The fourth-order valence-electron chi connectivity index (χ4n) is 3.57. The van der Waals surface area contributed by atoms with Crippen molar-refractivity contribution in [1.82, 2.24) is 9.62 Å². The lowest BCUT2D eigenvalue weighted by molar-refractivity contribution is -0.140. The Kier molecular flexibility index (Phi) is 6.25. The topological polar surface area (TPSA) is 104 Å². The minimum atomic E-state index is -3.79. The van der Waals surface area contributed by atoms with Crippen LogP contribution in [0.3, 0.4) is 0 Å². The molecular formula is C16H28N2O5S. The molecule has 2 atom stereocenters. The molecule has 1 heterocycles. The summed E-state index contributed by atoms with van der Waals surface area (Å²) in [6, 6.07) is -1.14. The third-order valence-electron chi connectivity index (χ3n) is 5.06. The van der Waals surface area contributed by atoms with Gasteiger partial charge in [-0.15, -0.1) is 0 Å². The molecule has 0 bridgehead atoms. The lowest BCUT2D eigenvalue weighted by atomic mass is 10.0. The monoisotopic (exact) mass is 360 g/mol. The lowest BCUT2D eigenvalue weighted by Gasteiger charge is -2.34. The van der Waals surface area contributed by atoms with Crippen LogP contribution in [0.2, 0.25) is 0 Å². The van der Waals surface area contributed by atoms with Crippen LogP contribution in [-0.2, 0) is 19.6 Å². The van der Waals surface area contributed by atoms with Gasteiger partial charge in [0, 0.05) is 19.0 Å². The number of carbonyl (C=O) groups is 2. The molecule has 2 N–H and O–H groups in total. The van der Waals surface area contributed by atoms with Crippen molar-refractivity contribution in [3.05, 3.63) is 0 Å². The average Bonchev–Trinajstić information content (AvgIpc) is 3.06. The van der Waals surface area contributed by atoms with E-state index in [1.165, 1.54) is 0 Å². The number of piperidine rings is 1. The van der Waals surface area contributed by atoms with Gasteiger partial charge < -0.3 is 10.0 Å². The van der Waals surface area contributed by atoms with Crippen molar-refractivity contribution in [2.24, 2.45) is 11.8 Å². The van der Waals surface area contributed by atoms with Gasteiger partial charge in [-0.05, 0) is 31.6 Å². The van der Waals surface area contributed by atoms with Gasteiger partial charge in [-0.3, -0.25) is 9.59 Å². The van der Waals surface area contributed by atoms with E-state index in [0.717, 1.165) is 25.7 Å².